The van der Waals surface area contributed by atoms with Crippen molar-refractivity contribution in [3.63, 3.8) is 0 Å². The molecule has 0 bridgehead atoms. The van der Waals surface area contributed by atoms with Gasteiger partial charge in [-0.25, -0.2) is 0 Å². The van der Waals surface area contributed by atoms with E-state index >= 15 is 0 Å². The number of hydrogen-bond acceptors (Lipinski definition) is 5. The Morgan fingerprint density at radius 1 is 1.07 bits per heavy atom. The van der Waals surface area contributed by atoms with Crippen LogP contribution in [0.15, 0.2) is 52.1 Å². The number of carbonyl (C=O) groups excluding carboxylic acids is 2. The molecule has 2 amide bonds. The number of amides is 2. The van der Waals surface area contributed by atoms with Crippen LogP contribution in [0.3, 0.4) is 0 Å². The molecular weight excluding hydrogens is 466 g/mol. The fourth-order valence-electron chi connectivity index (χ4n) is 2.84. The third-order valence-corrected chi connectivity index (χ3v) is 6.24. The molecule has 0 aliphatic carbocycles. The molecule has 1 aromatic heterocycles. The molecule has 0 radical (unpaired) electrons. The summed E-state index contributed by atoms with van der Waals surface area (Å²) < 4.78 is 2.50. The van der Waals surface area contributed by atoms with Crippen molar-refractivity contribution in [3.8, 4) is 0 Å². The van der Waals surface area contributed by atoms with Gasteiger partial charge in [0.05, 0.1) is 17.9 Å². The summed E-state index contributed by atoms with van der Waals surface area (Å²) in [7, 11) is 1.81. The van der Waals surface area contributed by atoms with Crippen molar-refractivity contribution in [1.82, 2.24) is 20.1 Å². The molecule has 30 heavy (non-hydrogen) atoms. The second-order valence-electron chi connectivity index (χ2n) is 6.72. The first-order chi connectivity index (χ1) is 14.4. The highest BCUT2D eigenvalue weighted by molar-refractivity contribution is 9.10. The van der Waals surface area contributed by atoms with Gasteiger partial charge in [-0.3, -0.25) is 9.59 Å². The molecule has 0 aliphatic rings. The van der Waals surface area contributed by atoms with E-state index in [1.807, 2.05) is 51.2 Å². The molecule has 0 saturated carbocycles. The molecular formula is C21H22BrN5O2S. The van der Waals surface area contributed by atoms with Gasteiger partial charge in [0.25, 0.3) is 5.91 Å². The van der Waals surface area contributed by atoms with E-state index in [0.29, 0.717) is 16.5 Å². The van der Waals surface area contributed by atoms with Crippen molar-refractivity contribution in [1.29, 1.82) is 0 Å². The molecule has 3 aromatic rings. The normalized spacial score (nSPS) is 10.7. The van der Waals surface area contributed by atoms with Crippen LogP contribution in [-0.4, -0.2) is 32.3 Å². The highest BCUT2D eigenvalue weighted by Crippen LogP contribution is 2.21. The number of nitrogens with one attached hydrogen (secondary N) is 2. The van der Waals surface area contributed by atoms with E-state index in [1.165, 1.54) is 11.8 Å². The molecule has 0 fully saturated rings. The first-order valence-corrected chi connectivity index (χ1v) is 11.0. The number of para-hydroxylation sites is 1. The summed E-state index contributed by atoms with van der Waals surface area (Å²) in [5, 5.41) is 14.7. The zero-order valence-electron chi connectivity index (χ0n) is 16.9. The summed E-state index contributed by atoms with van der Waals surface area (Å²) in [5.41, 5.74) is 3.44. The van der Waals surface area contributed by atoms with E-state index in [1.54, 1.807) is 16.7 Å². The summed E-state index contributed by atoms with van der Waals surface area (Å²) in [6, 6.07) is 13.1. The van der Waals surface area contributed by atoms with E-state index in [4.69, 9.17) is 0 Å². The van der Waals surface area contributed by atoms with Gasteiger partial charge in [-0.1, -0.05) is 42.1 Å². The lowest BCUT2D eigenvalue weighted by molar-refractivity contribution is -0.113. The Hall–Kier alpha value is -2.65. The lowest BCUT2D eigenvalue weighted by Crippen LogP contribution is -2.24. The van der Waals surface area contributed by atoms with Crippen LogP contribution in [0.25, 0.3) is 0 Å². The number of halogens is 1. The van der Waals surface area contributed by atoms with Crippen molar-refractivity contribution in [2.24, 2.45) is 7.05 Å². The summed E-state index contributed by atoms with van der Waals surface area (Å²) >= 11 is 4.67. The minimum absolute atomic E-state index is 0.107. The zero-order valence-corrected chi connectivity index (χ0v) is 19.3. The van der Waals surface area contributed by atoms with Gasteiger partial charge in [-0.15, -0.1) is 10.2 Å². The number of carbonyl (C=O) groups is 2. The Labute approximate surface area is 187 Å². The number of aryl methyl sites for hydroxylation is 2. The maximum atomic E-state index is 12.4. The van der Waals surface area contributed by atoms with Gasteiger partial charge < -0.3 is 15.2 Å². The maximum Gasteiger partial charge on any atom is 0.252 e. The van der Waals surface area contributed by atoms with E-state index < -0.39 is 0 Å². The van der Waals surface area contributed by atoms with E-state index in [0.717, 1.165) is 21.3 Å². The quantitative estimate of drug-likeness (QED) is 0.494. The highest BCUT2D eigenvalue weighted by Gasteiger charge is 2.15. The van der Waals surface area contributed by atoms with Crippen LogP contribution < -0.4 is 10.6 Å². The van der Waals surface area contributed by atoms with Crippen LogP contribution in [0.1, 0.15) is 27.3 Å². The Bertz CT molecular complexity index is 1060. The number of aromatic nitrogens is 3. The van der Waals surface area contributed by atoms with Gasteiger partial charge in [-0.2, -0.15) is 0 Å². The first-order valence-electron chi connectivity index (χ1n) is 9.26. The third-order valence-electron chi connectivity index (χ3n) is 4.53. The Kier molecular flexibility index (Phi) is 7.28. The SMILES string of the molecule is Cc1cccc(C)c1NC(=O)CSc1nnc(CNC(=O)c2ccccc2Br)n1C. The van der Waals surface area contributed by atoms with Crippen LogP contribution in [0.5, 0.6) is 0 Å². The van der Waals surface area contributed by atoms with Gasteiger partial charge in [-0.05, 0) is 53.0 Å². The molecule has 2 aromatic carbocycles. The number of benzene rings is 2. The predicted molar refractivity (Wildman–Crippen MR) is 122 cm³/mol. The van der Waals surface area contributed by atoms with Crippen LogP contribution in [0.2, 0.25) is 0 Å². The fourth-order valence-corrected chi connectivity index (χ4v) is 4.04. The molecule has 0 atom stereocenters. The lowest BCUT2D eigenvalue weighted by atomic mass is 10.1. The van der Waals surface area contributed by atoms with Crippen molar-refractivity contribution in [2.75, 3.05) is 11.1 Å². The van der Waals surface area contributed by atoms with Crippen molar-refractivity contribution >= 4 is 45.2 Å². The second kappa shape index (κ2) is 9.90. The van der Waals surface area contributed by atoms with E-state index in [-0.39, 0.29) is 24.1 Å². The Morgan fingerprint density at radius 2 is 1.77 bits per heavy atom. The van der Waals surface area contributed by atoms with E-state index in [2.05, 4.69) is 36.8 Å². The van der Waals surface area contributed by atoms with Gasteiger partial charge in [0, 0.05) is 17.2 Å². The number of thioether (sulfide) groups is 1. The molecule has 156 valence electrons. The van der Waals surface area contributed by atoms with Crippen molar-refractivity contribution in [2.45, 2.75) is 25.5 Å². The number of rotatable bonds is 7. The molecule has 0 saturated heterocycles. The third kappa shape index (κ3) is 5.28. The van der Waals surface area contributed by atoms with Crippen LogP contribution in [0.4, 0.5) is 5.69 Å². The van der Waals surface area contributed by atoms with Crippen LogP contribution in [-0.2, 0) is 18.4 Å². The van der Waals surface area contributed by atoms with Crippen LogP contribution >= 0.6 is 27.7 Å². The summed E-state index contributed by atoms with van der Waals surface area (Å²) in [6.45, 7) is 4.17. The molecule has 7 nitrogen and oxygen atoms in total. The zero-order chi connectivity index (χ0) is 21.7. The first kappa shape index (κ1) is 22.0. The number of anilines is 1. The van der Waals surface area contributed by atoms with E-state index in [9.17, 15) is 9.59 Å². The largest absolute Gasteiger partial charge is 0.345 e. The van der Waals surface area contributed by atoms with Gasteiger partial charge in [0.2, 0.25) is 5.91 Å². The topological polar surface area (TPSA) is 88.9 Å². The summed E-state index contributed by atoms with van der Waals surface area (Å²) in [5.74, 6) is 0.508. The van der Waals surface area contributed by atoms with Gasteiger partial charge >= 0.3 is 0 Å². The van der Waals surface area contributed by atoms with Crippen molar-refractivity contribution in [3.05, 3.63) is 69.5 Å². The minimum atomic E-state index is -0.201. The molecule has 9 heteroatoms. The molecule has 0 aliphatic heterocycles. The smallest absolute Gasteiger partial charge is 0.252 e. The average molecular weight is 488 g/mol. The summed E-state index contributed by atoms with van der Waals surface area (Å²) in [6.07, 6.45) is 0. The molecule has 0 unspecified atom stereocenters. The molecule has 1 heterocycles. The van der Waals surface area contributed by atoms with Gasteiger partial charge in [0.1, 0.15) is 0 Å². The van der Waals surface area contributed by atoms with Gasteiger partial charge in [0.15, 0.2) is 11.0 Å². The Balaban J connectivity index is 1.56. The average Bonchev–Trinajstić information content (AvgIpc) is 3.07. The second-order valence-corrected chi connectivity index (χ2v) is 8.52. The van der Waals surface area contributed by atoms with Crippen molar-refractivity contribution < 1.29 is 9.59 Å². The summed E-state index contributed by atoms with van der Waals surface area (Å²) in [4.78, 5) is 24.7. The fraction of sp³-hybridized carbons (Fsp3) is 0.238. The monoisotopic (exact) mass is 487 g/mol. The Morgan fingerprint density at radius 3 is 2.47 bits per heavy atom. The predicted octanol–water partition coefficient (Wildman–Crippen LogP) is 3.86. The standard InChI is InChI=1S/C21H22BrN5O2S/c1-13-7-6-8-14(2)19(13)24-18(28)12-30-21-26-25-17(27(21)3)11-23-20(29)15-9-4-5-10-16(15)22/h4-10H,11-12H2,1-3H3,(H,23,29)(H,24,28). The maximum absolute atomic E-state index is 12.4. The highest BCUT2D eigenvalue weighted by atomic mass is 79.9. The van der Waals surface area contributed by atoms with Crippen LogP contribution in [0, 0.1) is 13.8 Å². The molecule has 3 rings (SSSR count). The molecule has 0 spiro atoms. The lowest BCUT2D eigenvalue weighted by Gasteiger charge is -2.11. The number of nitrogens with zero attached hydrogens (tertiary/aromatic N) is 3. The number of hydrogen-bond donors (Lipinski definition) is 2. The molecule has 2 N–H and O–H groups in total. The minimum Gasteiger partial charge on any atom is -0.345 e.